The summed E-state index contributed by atoms with van der Waals surface area (Å²) in [6.07, 6.45) is -3.67. The Labute approximate surface area is 198 Å². The van der Waals surface area contributed by atoms with Crippen LogP contribution in [0, 0.1) is 0 Å². The van der Waals surface area contributed by atoms with E-state index >= 15 is 0 Å². The Balaban J connectivity index is 1.91. The number of likely N-dealkylation sites (N-methyl/N-ethyl adjacent to an activating group) is 1. The zero-order valence-electron chi connectivity index (χ0n) is 19.2. The lowest BCUT2D eigenvalue weighted by atomic mass is 10.1. The van der Waals surface area contributed by atoms with Gasteiger partial charge < -0.3 is 20.1 Å². The number of para-hydroxylation sites is 1. The van der Waals surface area contributed by atoms with Crippen LogP contribution >= 0.6 is 0 Å². The number of halogens is 3. The van der Waals surface area contributed by atoms with Crippen LogP contribution in [0.1, 0.15) is 19.8 Å². The minimum Gasteiger partial charge on any atom is -0.497 e. The first kappa shape index (κ1) is 24.0. The summed E-state index contributed by atoms with van der Waals surface area (Å²) < 4.78 is 50.0. The Morgan fingerprint density at radius 3 is 2.63 bits per heavy atom. The molecular formula is C23H23F3N6O3. The molecule has 2 aromatic carbocycles. The smallest absolute Gasteiger partial charge is 0.497 e. The number of fused-ring (bicyclic) bond motifs is 3. The van der Waals surface area contributed by atoms with Crippen LogP contribution < -0.4 is 20.1 Å². The number of alkyl halides is 3. The summed E-state index contributed by atoms with van der Waals surface area (Å²) in [6.45, 7) is 1.94. The Hall–Kier alpha value is -4.09. The number of ether oxygens (including phenoxy) is 2. The highest BCUT2D eigenvalue weighted by atomic mass is 19.4. The number of nitrogens with one attached hydrogen (secondary N) is 2. The molecule has 1 amide bonds. The normalized spacial score (nSPS) is 12.5. The molecule has 2 aromatic heterocycles. The lowest BCUT2D eigenvalue weighted by Crippen LogP contribution is -2.38. The second-order valence-corrected chi connectivity index (χ2v) is 7.63. The van der Waals surface area contributed by atoms with Gasteiger partial charge in [0.25, 0.3) is 0 Å². The standard InChI is InChI=1S/C23H23F3N6O3/c1-4-7-17(21(33)27-2)29-22-28-16-9-6-5-8-14(16)20-30-19(31-32(20)22)15-11-10-13(34-3)12-18(15)35-23(24,25)26/h5-6,8-12,17H,4,7H2,1-3H3,(H,27,33)(H,28,29)/t17-/m1/s1. The first-order chi connectivity index (χ1) is 16.7. The number of amides is 1. The Morgan fingerprint density at radius 2 is 1.94 bits per heavy atom. The molecule has 0 aliphatic carbocycles. The van der Waals surface area contributed by atoms with Crippen LogP contribution in [0.15, 0.2) is 42.5 Å². The molecule has 0 saturated heterocycles. The molecule has 184 valence electrons. The molecule has 4 aromatic rings. The van der Waals surface area contributed by atoms with Crippen LogP contribution in [0.2, 0.25) is 0 Å². The van der Waals surface area contributed by atoms with E-state index in [0.717, 1.165) is 12.5 Å². The average Bonchev–Trinajstić information content (AvgIpc) is 3.28. The third kappa shape index (κ3) is 5.05. The van der Waals surface area contributed by atoms with Gasteiger partial charge in [0.15, 0.2) is 11.5 Å². The van der Waals surface area contributed by atoms with E-state index in [9.17, 15) is 18.0 Å². The summed E-state index contributed by atoms with van der Waals surface area (Å²) in [6, 6.07) is 10.5. The maximum atomic E-state index is 13.1. The number of nitrogens with zero attached hydrogens (tertiary/aromatic N) is 4. The van der Waals surface area contributed by atoms with Gasteiger partial charge in [0.2, 0.25) is 11.9 Å². The first-order valence-corrected chi connectivity index (χ1v) is 10.8. The molecule has 0 spiro atoms. The molecule has 12 heteroatoms. The van der Waals surface area contributed by atoms with Crippen LogP contribution in [0.4, 0.5) is 19.1 Å². The van der Waals surface area contributed by atoms with Crippen molar-refractivity contribution >= 4 is 28.4 Å². The fourth-order valence-electron chi connectivity index (χ4n) is 3.67. The summed E-state index contributed by atoms with van der Waals surface area (Å²) in [5.41, 5.74) is 0.947. The molecule has 9 nitrogen and oxygen atoms in total. The van der Waals surface area contributed by atoms with Gasteiger partial charge in [-0.1, -0.05) is 25.5 Å². The fraction of sp³-hybridized carbons (Fsp3) is 0.304. The fourth-order valence-corrected chi connectivity index (χ4v) is 3.67. The van der Waals surface area contributed by atoms with Crippen LogP contribution in [0.5, 0.6) is 11.5 Å². The molecular weight excluding hydrogens is 465 g/mol. The van der Waals surface area contributed by atoms with E-state index in [1.807, 2.05) is 6.92 Å². The van der Waals surface area contributed by atoms with Gasteiger partial charge in [0.05, 0.1) is 18.2 Å². The number of carbonyl (C=O) groups excluding carboxylic acids is 1. The topological polar surface area (TPSA) is 103 Å². The van der Waals surface area contributed by atoms with Crippen LogP contribution in [0.3, 0.4) is 0 Å². The van der Waals surface area contributed by atoms with Crippen molar-refractivity contribution in [2.75, 3.05) is 19.5 Å². The highest BCUT2D eigenvalue weighted by Crippen LogP contribution is 2.36. The lowest BCUT2D eigenvalue weighted by Gasteiger charge is -2.17. The maximum absolute atomic E-state index is 13.1. The largest absolute Gasteiger partial charge is 0.573 e. The van der Waals surface area contributed by atoms with Gasteiger partial charge in [0, 0.05) is 18.5 Å². The van der Waals surface area contributed by atoms with Gasteiger partial charge >= 0.3 is 6.36 Å². The van der Waals surface area contributed by atoms with E-state index in [1.54, 1.807) is 24.3 Å². The summed E-state index contributed by atoms with van der Waals surface area (Å²) in [7, 11) is 2.87. The third-order valence-electron chi connectivity index (χ3n) is 5.28. The molecule has 0 aliphatic heterocycles. The number of hydrogen-bond acceptors (Lipinski definition) is 7. The number of anilines is 1. The molecule has 35 heavy (non-hydrogen) atoms. The van der Waals surface area contributed by atoms with Crippen LogP contribution in [-0.4, -0.2) is 52.1 Å². The van der Waals surface area contributed by atoms with E-state index in [4.69, 9.17) is 4.74 Å². The second kappa shape index (κ2) is 9.65. The number of rotatable bonds is 8. The second-order valence-electron chi connectivity index (χ2n) is 7.63. The lowest BCUT2D eigenvalue weighted by molar-refractivity contribution is -0.274. The van der Waals surface area contributed by atoms with Crippen molar-refractivity contribution in [3.63, 3.8) is 0 Å². The maximum Gasteiger partial charge on any atom is 0.573 e. The highest BCUT2D eigenvalue weighted by molar-refractivity contribution is 5.93. The minimum atomic E-state index is -4.93. The van der Waals surface area contributed by atoms with Crippen molar-refractivity contribution in [1.82, 2.24) is 24.9 Å². The highest BCUT2D eigenvalue weighted by Gasteiger charge is 2.33. The van der Waals surface area contributed by atoms with Crippen molar-refractivity contribution in [2.45, 2.75) is 32.2 Å². The van der Waals surface area contributed by atoms with Crippen LogP contribution in [0.25, 0.3) is 27.9 Å². The monoisotopic (exact) mass is 488 g/mol. The van der Waals surface area contributed by atoms with Crippen molar-refractivity contribution in [2.24, 2.45) is 0 Å². The SMILES string of the molecule is CCC[C@@H](Nc1nc2ccccc2c2nc(-c3ccc(OC)cc3OC(F)(F)F)nn12)C(=O)NC. The van der Waals surface area contributed by atoms with Gasteiger partial charge in [-0.15, -0.1) is 18.3 Å². The zero-order chi connectivity index (χ0) is 25.2. The van der Waals surface area contributed by atoms with Crippen molar-refractivity contribution in [1.29, 1.82) is 0 Å². The summed E-state index contributed by atoms with van der Waals surface area (Å²) in [5, 5.41) is 10.8. The molecule has 2 heterocycles. The first-order valence-electron chi connectivity index (χ1n) is 10.8. The number of benzene rings is 2. The zero-order valence-corrected chi connectivity index (χ0v) is 19.2. The molecule has 2 N–H and O–H groups in total. The van der Waals surface area contributed by atoms with Crippen molar-refractivity contribution in [3.8, 4) is 22.9 Å². The molecule has 0 radical (unpaired) electrons. The molecule has 4 rings (SSSR count). The van der Waals surface area contributed by atoms with E-state index < -0.39 is 18.2 Å². The van der Waals surface area contributed by atoms with E-state index in [-0.39, 0.29) is 29.0 Å². The molecule has 0 bridgehead atoms. The molecule has 0 fully saturated rings. The van der Waals surface area contributed by atoms with Gasteiger partial charge in [0.1, 0.15) is 17.5 Å². The van der Waals surface area contributed by atoms with Crippen LogP contribution in [-0.2, 0) is 4.79 Å². The summed E-state index contributed by atoms with van der Waals surface area (Å²) in [5.74, 6) is -0.342. The summed E-state index contributed by atoms with van der Waals surface area (Å²) >= 11 is 0. The quantitative estimate of drug-likeness (QED) is 0.384. The third-order valence-corrected chi connectivity index (χ3v) is 5.28. The number of hydrogen-bond donors (Lipinski definition) is 2. The van der Waals surface area contributed by atoms with Gasteiger partial charge in [-0.3, -0.25) is 4.79 Å². The van der Waals surface area contributed by atoms with Gasteiger partial charge in [-0.05, 0) is 30.7 Å². The molecule has 0 aliphatic rings. The predicted octanol–water partition coefficient (Wildman–Crippen LogP) is 4.18. The van der Waals surface area contributed by atoms with Gasteiger partial charge in [-0.2, -0.15) is 4.52 Å². The van der Waals surface area contributed by atoms with E-state index in [0.29, 0.717) is 23.0 Å². The summed E-state index contributed by atoms with van der Waals surface area (Å²) in [4.78, 5) is 21.5. The van der Waals surface area contributed by atoms with Gasteiger partial charge in [-0.25, -0.2) is 9.97 Å². The Bertz CT molecular complexity index is 1370. The molecule has 0 saturated carbocycles. The molecule has 1 atom stereocenters. The Kier molecular flexibility index (Phi) is 6.63. The average molecular weight is 488 g/mol. The predicted molar refractivity (Wildman–Crippen MR) is 123 cm³/mol. The molecule has 0 unspecified atom stereocenters. The van der Waals surface area contributed by atoms with Crippen molar-refractivity contribution < 1.29 is 27.4 Å². The minimum absolute atomic E-state index is 0.0123. The number of carbonyl (C=O) groups is 1. The van der Waals surface area contributed by atoms with E-state index in [1.165, 1.54) is 30.8 Å². The van der Waals surface area contributed by atoms with E-state index in [2.05, 4.69) is 30.4 Å². The Morgan fingerprint density at radius 1 is 1.17 bits per heavy atom. The number of methoxy groups -OCH3 is 1. The van der Waals surface area contributed by atoms with Crippen molar-refractivity contribution in [3.05, 3.63) is 42.5 Å². The number of aromatic nitrogens is 4.